The van der Waals surface area contributed by atoms with E-state index in [-0.39, 0.29) is 23.2 Å². The van der Waals surface area contributed by atoms with Crippen LogP contribution in [-0.4, -0.2) is 26.0 Å². The van der Waals surface area contributed by atoms with E-state index in [2.05, 4.69) is 43.0 Å². The van der Waals surface area contributed by atoms with E-state index in [1.165, 1.54) is 0 Å². The number of nitrogens with zero attached hydrogens (tertiary/aromatic N) is 1. The molecular formula is C21H25NO2. The third-order valence-corrected chi connectivity index (χ3v) is 5.11. The number of carbonyl (C=O) groups is 1. The lowest BCUT2D eigenvalue weighted by Crippen LogP contribution is -2.45. The lowest BCUT2D eigenvalue weighted by atomic mass is 9.70. The van der Waals surface area contributed by atoms with Gasteiger partial charge in [0.15, 0.2) is 5.78 Å². The van der Waals surface area contributed by atoms with Crippen LogP contribution >= 0.6 is 0 Å². The fourth-order valence-electron chi connectivity index (χ4n) is 3.79. The molecule has 2 unspecified atom stereocenters. The van der Waals surface area contributed by atoms with Gasteiger partial charge in [-0.25, -0.2) is 0 Å². The van der Waals surface area contributed by atoms with E-state index >= 15 is 0 Å². The van der Waals surface area contributed by atoms with Gasteiger partial charge in [-0.15, -0.1) is 0 Å². The fraction of sp³-hybridized carbons (Fsp3) is 0.381. The summed E-state index contributed by atoms with van der Waals surface area (Å²) >= 11 is 0. The van der Waals surface area contributed by atoms with Crippen LogP contribution < -0.4 is 4.90 Å². The van der Waals surface area contributed by atoms with Gasteiger partial charge in [-0.1, -0.05) is 50.3 Å². The van der Waals surface area contributed by atoms with Crippen molar-refractivity contribution in [2.75, 3.05) is 19.1 Å². The van der Waals surface area contributed by atoms with Gasteiger partial charge in [-0.2, -0.15) is 0 Å². The van der Waals surface area contributed by atoms with E-state index in [1.54, 1.807) is 7.11 Å². The van der Waals surface area contributed by atoms with Crippen molar-refractivity contribution in [1.29, 1.82) is 0 Å². The molecule has 24 heavy (non-hydrogen) atoms. The number of benzene rings is 1. The van der Waals surface area contributed by atoms with Gasteiger partial charge in [0, 0.05) is 12.7 Å². The monoisotopic (exact) mass is 323 g/mol. The highest BCUT2D eigenvalue weighted by atomic mass is 16.5. The number of hydrogen-bond acceptors (Lipinski definition) is 3. The lowest BCUT2D eigenvalue weighted by Gasteiger charge is -2.38. The minimum atomic E-state index is -0.259. The van der Waals surface area contributed by atoms with Crippen molar-refractivity contribution in [2.24, 2.45) is 11.3 Å². The van der Waals surface area contributed by atoms with Crippen LogP contribution in [0.1, 0.15) is 26.3 Å². The molecule has 0 saturated heterocycles. The Morgan fingerprint density at radius 3 is 2.67 bits per heavy atom. The summed E-state index contributed by atoms with van der Waals surface area (Å²) in [4.78, 5) is 15.4. The Labute approximate surface area is 144 Å². The number of fused-ring (bicyclic) bond motifs is 1. The minimum absolute atomic E-state index is 0.201. The number of anilines is 1. The standard InChI is InChI=1S/C21H25NO2/c1-14-13-21(2,3)16(12-19(14)24-5)20(23)18-11-10-15-8-6-7-9-17(15)22(18)4/h6-13,16,18H,1-5H3. The Morgan fingerprint density at radius 1 is 1.25 bits per heavy atom. The molecule has 3 rings (SSSR count). The number of carbonyl (C=O) groups excluding carboxylic acids is 1. The van der Waals surface area contributed by atoms with Gasteiger partial charge in [0.05, 0.1) is 13.0 Å². The molecule has 0 N–H and O–H groups in total. The molecule has 1 heterocycles. The van der Waals surface area contributed by atoms with E-state index in [0.29, 0.717) is 0 Å². The van der Waals surface area contributed by atoms with Crippen LogP contribution in [0.4, 0.5) is 5.69 Å². The van der Waals surface area contributed by atoms with E-state index in [0.717, 1.165) is 22.6 Å². The molecule has 0 amide bonds. The van der Waals surface area contributed by atoms with Crippen molar-refractivity contribution in [3.63, 3.8) is 0 Å². The first kappa shape index (κ1) is 16.6. The second-order valence-corrected chi connectivity index (χ2v) is 7.24. The van der Waals surface area contributed by atoms with Crippen LogP contribution in [0.25, 0.3) is 6.08 Å². The predicted molar refractivity (Wildman–Crippen MR) is 98.8 cm³/mol. The molecule has 0 fully saturated rings. The smallest absolute Gasteiger partial charge is 0.166 e. The highest BCUT2D eigenvalue weighted by molar-refractivity contribution is 5.96. The molecule has 2 atom stereocenters. The van der Waals surface area contributed by atoms with E-state index in [4.69, 9.17) is 4.74 Å². The molecule has 0 radical (unpaired) electrons. The average molecular weight is 323 g/mol. The van der Waals surface area contributed by atoms with Gasteiger partial charge >= 0.3 is 0 Å². The van der Waals surface area contributed by atoms with Crippen molar-refractivity contribution in [1.82, 2.24) is 0 Å². The molecule has 1 aliphatic carbocycles. The van der Waals surface area contributed by atoms with Crippen LogP contribution in [-0.2, 0) is 9.53 Å². The van der Waals surface area contributed by atoms with Crippen LogP contribution in [0.15, 0.2) is 53.8 Å². The van der Waals surface area contributed by atoms with Gasteiger partial charge in [-0.05, 0) is 35.6 Å². The van der Waals surface area contributed by atoms with Crippen LogP contribution in [0.5, 0.6) is 0 Å². The Bertz CT molecular complexity index is 755. The molecule has 0 saturated carbocycles. The Kier molecular flexibility index (Phi) is 4.12. The molecule has 2 aliphatic rings. The topological polar surface area (TPSA) is 29.5 Å². The molecule has 0 spiro atoms. The summed E-state index contributed by atoms with van der Waals surface area (Å²) in [6.07, 6.45) is 8.19. The lowest BCUT2D eigenvalue weighted by molar-refractivity contribution is -0.124. The third kappa shape index (κ3) is 2.68. The fourth-order valence-corrected chi connectivity index (χ4v) is 3.79. The number of Topliss-reactive ketones (excluding diaryl/α,β-unsaturated/α-hetero) is 1. The summed E-state index contributed by atoms with van der Waals surface area (Å²) in [5.41, 5.74) is 3.10. The van der Waals surface area contributed by atoms with Crippen molar-refractivity contribution in [2.45, 2.75) is 26.8 Å². The van der Waals surface area contributed by atoms with Gasteiger partial charge in [-0.3, -0.25) is 4.79 Å². The first-order chi connectivity index (χ1) is 11.3. The Morgan fingerprint density at radius 2 is 1.96 bits per heavy atom. The van der Waals surface area contributed by atoms with Crippen LogP contribution in [0.3, 0.4) is 0 Å². The maximum absolute atomic E-state index is 13.3. The predicted octanol–water partition coefficient (Wildman–Crippen LogP) is 4.22. The first-order valence-electron chi connectivity index (χ1n) is 8.34. The molecule has 3 heteroatoms. The van der Waals surface area contributed by atoms with Crippen molar-refractivity contribution in [3.8, 4) is 0 Å². The maximum atomic E-state index is 13.3. The molecule has 3 nitrogen and oxygen atoms in total. The molecule has 1 aromatic carbocycles. The number of ketones is 1. The van der Waals surface area contributed by atoms with Gasteiger partial charge < -0.3 is 9.64 Å². The SMILES string of the molecule is COC1=CC(C(=O)C2C=Cc3ccccc3N2C)C(C)(C)C=C1C. The summed E-state index contributed by atoms with van der Waals surface area (Å²) in [7, 11) is 3.65. The van der Waals surface area contributed by atoms with Crippen LogP contribution in [0.2, 0.25) is 0 Å². The number of likely N-dealkylation sites (N-methyl/N-ethyl adjacent to an activating group) is 1. The van der Waals surface area contributed by atoms with Gasteiger partial charge in [0.25, 0.3) is 0 Å². The molecule has 0 bridgehead atoms. The number of ether oxygens (including phenoxy) is 1. The molecular weight excluding hydrogens is 298 g/mol. The zero-order valence-electron chi connectivity index (χ0n) is 15.0. The number of methoxy groups -OCH3 is 1. The second kappa shape index (κ2) is 5.97. The van der Waals surface area contributed by atoms with Gasteiger partial charge in [0.1, 0.15) is 11.8 Å². The summed E-state index contributed by atoms with van der Waals surface area (Å²) in [6, 6.07) is 7.90. The quantitative estimate of drug-likeness (QED) is 0.834. The average Bonchev–Trinajstić information content (AvgIpc) is 2.54. The maximum Gasteiger partial charge on any atom is 0.166 e. The Balaban J connectivity index is 1.94. The largest absolute Gasteiger partial charge is 0.497 e. The van der Waals surface area contributed by atoms with E-state index in [1.807, 2.05) is 38.3 Å². The van der Waals surface area contributed by atoms with E-state index < -0.39 is 0 Å². The number of allylic oxidation sites excluding steroid dienone is 3. The number of hydrogen-bond donors (Lipinski definition) is 0. The van der Waals surface area contributed by atoms with Crippen LogP contribution in [0, 0.1) is 11.3 Å². The summed E-state index contributed by atoms with van der Waals surface area (Å²) in [6.45, 7) is 6.26. The minimum Gasteiger partial charge on any atom is -0.497 e. The van der Waals surface area contributed by atoms with E-state index in [9.17, 15) is 4.79 Å². The summed E-state index contributed by atoms with van der Waals surface area (Å²) < 4.78 is 5.46. The molecule has 1 aromatic rings. The molecule has 0 aromatic heterocycles. The second-order valence-electron chi connectivity index (χ2n) is 7.24. The molecule has 126 valence electrons. The van der Waals surface area contributed by atoms with Crippen molar-refractivity contribution >= 4 is 17.5 Å². The Hall–Kier alpha value is -2.29. The summed E-state index contributed by atoms with van der Waals surface area (Å²) in [5.74, 6) is 0.792. The normalized spacial score (nSPS) is 24.8. The number of rotatable bonds is 3. The molecule has 1 aliphatic heterocycles. The highest BCUT2D eigenvalue weighted by Crippen LogP contribution is 2.40. The van der Waals surface area contributed by atoms with Gasteiger partial charge in [0.2, 0.25) is 0 Å². The van der Waals surface area contributed by atoms with Crippen molar-refractivity contribution < 1.29 is 9.53 Å². The zero-order valence-corrected chi connectivity index (χ0v) is 15.0. The first-order valence-corrected chi connectivity index (χ1v) is 8.34. The third-order valence-electron chi connectivity index (χ3n) is 5.11. The summed E-state index contributed by atoms with van der Waals surface area (Å²) in [5, 5.41) is 0. The highest BCUT2D eigenvalue weighted by Gasteiger charge is 2.40. The number of para-hydroxylation sites is 1. The van der Waals surface area contributed by atoms with Crippen molar-refractivity contribution in [3.05, 3.63) is 59.4 Å². The zero-order chi connectivity index (χ0) is 17.5.